The number of allylic oxidation sites excluding steroid dienone is 2. The fraction of sp³-hybridized carbons (Fsp3) is 0.750. The maximum atomic E-state index is 12.3. The van der Waals surface area contributed by atoms with Gasteiger partial charge in [-0.15, -0.1) is 0 Å². The van der Waals surface area contributed by atoms with Crippen LogP contribution in [0.4, 0.5) is 0 Å². The number of carbonyl (C=O) groups is 2. The van der Waals surface area contributed by atoms with E-state index in [1.165, 1.54) is 11.1 Å². The Morgan fingerprint density at radius 3 is 1.69 bits per heavy atom. The van der Waals surface area contributed by atoms with Crippen molar-refractivity contribution in [1.82, 2.24) is 0 Å². The largest absolute Gasteiger partial charge is 0.463 e. The smallest absolute Gasteiger partial charge is 0.330 e. The number of esters is 2. The van der Waals surface area contributed by atoms with Gasteiger partial charge in [-0.05, 0) is 85.9 Å². The zero-order valence-electron chi connectivity index (χ0n) is 17.0. The van der Waals surface area contributed by atoms with Gasteiger partial charge in [0.05, 0.1) is 25.4 Å². The second-order valence-electron chi connectivity index (χ2n) is 10.3. The van der Waals surface area contributed by atoms with Crippen LogP contribution < -0.4 is 0 Å². The first-order chi connectivity index (χ1) is 14.1. The summed E-state index contributed by atoms with van der Waals surface area (Å²) in [6, 6.07) is 0. The molecule has 10 unspecified atom stereocenters. The topological polar surface area (TPSA) is 65.1 Å². The lowest BCUT2D eigenvalue weighted by molar-refractivity contribution is -0.138. The Morgan fingerprint density at radius 2 is 1.24 bits per heavy atom. The molecule has 7 rings (SSSR count). The van der Waals surface area contributed by atoms with Crippen LogP contribution in [0.5, 0.6) is 0 Å². The van der Waals surface area contributed by atoms with Crippen LogP contribution in [0.2, 0.25) is 0 Å². The molecule has 5 nitrogen and oxygen atoms in total. The second-order valence-corrected chi connectivity index (χ2v) is 10.3. The van der Waals surface area contributed by atoms with Crippen LogP contribution >= 0.6 is 0 Å². The van der Waals surface area contributed by atoms with Crippen LogP contribution in [-0.4, -0.2) is 37.4 Å². The average molecular weight is 396 g/mol. The lowest BCUT2D eigenvalue weighted by Gasteiger charge is -2.25. The highest BCUT2D eigenvalue weighted by Gasteiger charge is 2.83. The van der Waals surface area contributed by atoms with Crippen molar-refractivity contribution < 1.29 is 23.8 Å². The normalized spacial score (nSPS) is 56.2. The van der Waals surface area contributed by atoms with E-state index < -0.39 is 0 Å². The van der Waals surface area contributed by atoms with E-state index >= 15 is 0 Å². The van der Waals surface area contributed by atoms with Gasteiger partial charge >= 0.3 is 11.9 Å². The summed E-state index contributed by atoms with van der Waals surface area (Å²) in [6.07, 6.45) is 6.50. The van der Waals surface area contributed by atoms with Gasteiger partial charge in [0, 0.05) is 12.2 Å². The maximum absolute atomic E-state index is 12.3. The summed E-state index contributed by atoms with van der Waals surface area (Å²) in [6.45, 7) is 4.59. The molecule has 6 saturated carbocycles. The molecule has 1 saturated heterocycles. The van der Waals surface area contributed by atoms with E-state index in [-0.39, 0.29) is 11.9 Å². The Labute approximate surface area is 170 Å². The predicted octanol–water partition coefficient (Wildman–Crippen LogP) is 2.76. The van der Waals surface area contributed by atoms with E-state index in [4.69, 9.17) is 14.2 Å². The van der Waals surface area contributed by atoms with Crippen molar-refractivity contribution in [3.8, 4) is 0 Å². The van der Waals surface area contributed by atoms with Gasteiger partial charge < -0.3 is 14.2 Å². The molecule has 0 radical (unpaired) electrons. The van der Waals surface area contributed by atoms with Gasteiger partial charge in [0.2, 0.25) is 0 Å². The maximum Gasteiger partial charge on any atom is 0.330 e. The number of fused-ring (bicyclic) bond motifs is 6. The fourth-order valence-corrected chi connectivity index (χ4v) is 9.65. The highest BCUT2D eigenvalue weighted by atomic mass is 16.6. The van der Waals surface area contributed by atoms with Crippen molar-refractivity contribution in [3.05, 3.63) is 23.3 Å². The first kappa shape index (κ1) is 17.1. The molecule has 154 valence electrons. The fourth-order valence-electron chi connectivity index (χ4n) is 9.65. The zero-order valence-corrected chi connectivity index (χ0v) is 17.0. The van der Waals surface area contributed by atoms with Crippen molar-refractivity contribution in [2.45, 2.75) is 38.9 Å². The second kappa shape index (κ2) is 5.54. The lowest BCUT2D eigenvalue weighted by atomic mass is 9.81. The predicted molar refractivity (Wildman–Crippen MR) is 102 cm³/mol. The molecule has 10 atom stereocenters. The molecule has 0 bridgehead atoms. The summed E-state index contributed by atoms with van der Waals surface area (Å²) >= 11 is 0. The van der Waals surface area contributed by atoms with Crippen molar-refractivity contribution in [1.29, 1.82) is 0 Å². The number of hydrogen-bond acceptors (Lipinski definition) is 5. The van der Waals surface area contributed by atoms with E-state index in [1.54, 1.807) is 0 Å². The molecule has 0 amide bonds. The third-order valence-corrected chi connectivity index (χ3v) is 9.72. The summed E-state index contributed by atoms with van der Waals surface area (Å²) in [5, 5.41) is 0. The van der Waals surface area contributed by atoms with Crippen LogP contribution in [0.15, 0.2) is 23.3 Å². The van der Waals surface area contributed by atoms with Crippen molar-refractivity contribution in [2.24, 2.45) is 59.2 Å². The third-order valence-electron chi connectivity index (χ3n) is 9.72. The van der Waals surface area contributed by atoms with E-state index in [0.717, 1.165) is 36.5 Å². The molecule has 1 heterocycles. The molecule has 0 spiro atoms. The van der Waals surface area contributed by atoms with E-state index in [2.05, 4.69) is 0 Å². The molecule has 7 aliphatic rings. The summed E-state index contributed by atoms with van der Waals surface area (Å²) in [5.74, 6) is 6.15. The number of ether oxygens (including phenoxy) is 3. The van der Waals surface area contributed by atoms with Gasteiger partial charge in [0.1, 0.15) is 0 Å². The molecular weight excluding hydrogens is 368 g/mol. The van der Waals surface area contributed by atoms with E-state index in [1.807, 2.05) is 26.0 Å². The van der Waals surface area contributed by atoms with Gasteiger partial charge in [0.25, 0.3) is 0 Å². The van der Waals surface area contributed by atoms with Crippen molar-refractivity contribution in [3.63, 3.8) is 0 Å². The monoisotopic (exact) mass is 396 g/mol. The molecule has 1 aliphatic heterocycles. The van der Waals surface area contributed by atoms with Crippen LogP contribution in [0, 0.1) is 59.2 Å². The van der Waals surface area contributed by atoms with Crippen LogP contribution in [-0.2, 0) is 23.8 Å². The lowest BCUT2D eigenvalue weighted by Crippen LogP contribution is -2.24. The SMILES string of the molecule is CCOC(=O)/C=C1\CC2C3C/C(=C\C(=O)OCC)C4C3C3C2C1C1C2OC2C4C13. The highest BCUT2D eigenvalue weighted by Crippen LogP contribution is 2.83. The van der Waals surface area contributed by atoms with Crippen molar-refractivity contribution >= 4 is 11.9 Å². The summed E-state index contributed by atoms with van der Waals surface area (Å²) in [5.41, 5.74) is 2.68. The third kappa shape index (κ3) is 1.92. The van der Waals surface area contributed by atoms with E-state index in [0.29, 0.717) is 60.9 Å². The molecule has 0 aromatic carbocycles. The molecule has 0 N–H and O–H groups in total. The summed E-state index contributed by atoms with van der Waals surface area (Å²) in [4.78, 5) is 24.5. The van der Waals surface area contributed by atoms with Gasteiger partial charge in [-0.3, -0.25) is 0 Å². The molecular formula is C24H28O5. The summed E-state index contributed by atoms with van der Waals surface area (Å²) in [7, 11) is 0. The Kier molecular flexibility index (Phi) is 3.27. The number of rotatable bonds is 4. The van der Waals surface area contributed by atoms with Gasteiger partial charge in [0.15, 0.2) is 0 Å². The minimum atomic E-state index is -0.175. The molecule has 0 aromatic heterocycles. The Balaban J connectivity index is 1.30. The minimum Gasteiger partial charge on any atom is -0.463 e. The van der Waals surface area contributed by atoms with Crippen LogP contribution in [0.25, 0.3) is 0 Å². The molecule has 29 heavy (non-hydrogen) atoms. The first-order valence-corrected chi connectivity index (χ1v) is 11.5. The zero-order chi connectivity index (χ0) is 19.6. The average Bonchev–Trinajstić information content (AvgIpc) is 3.08. The Hall–Kier alpha value is -1.62. The standard InChI is InChI=1S/C24H28O5/c1-3-27-13(25)7-9-5-11-12-6-10(8-14(26)28-4-2)16-18(12)19-17(11)15(9)21-20(19)22(16)24-23(21)29-24/h7-8,11-12,15-24H,3-6H2,1-2H3/b9-7+,10-8+. The molecule has 5 heteroatoms. The van der Waals surface area contributed by atoms with Gasteiger partial charge in [-0.1, -0.05) is 11.1 Å². The van der Waals surface area contributed by atoms with Gasteiger partial charge in [-0.2, -0.15) is 0 Å². The van der Waals surface area contributed by atoms with Crippen molar-refractivity contribution in [2.75, 3.05) is 13.2 Å². The first-order valence-electron chi connectivity index (χ1n) is 11.5. The Morgan fingerprint density at radius 1 is 0.793 bits per heavy atom. The van der Waals surface area contributed by atoms with Crippen LogP contribution in [0.1, 0.15) is 26.7 Å². The number of hydrogen-bond donors (Lipinski definition) is 0. The summed E-state index contributed by atoms with van der Waals surface area (Å²) < 4.78 is 16.7. The van der Waals surface area contributed by atoms with Crippen LogP contribution in [0.3, 0.4) is 0 Å². The van der Waals surface area contributed by atoms with Gasteiger partial charge in [-0.25, -0.2) is 9.59 Å². The molecule has 7 fully saturated rings. The number of epoxide rings is 1. The molecule has 0 aromatic rings. The Bertz CT molecular complexity index is 804. The quantitative estimate of drug-likeness (QED) is 0.415. The minimum absolute atomic E-state index is 0.175. The van der Waals surface area contributed by atoms with E-state index in [9.17, 15) is 9.59 Å². The highest BCUT2D eigenvalue weighted by molar-refractivity contribution is 5.83. The number of carbonyl (C=O) groups excluding carboxylic acids is 2. The molecule has 6 aliphatic carbocycles.